The Labute approximate surface area is 103 Å². The number of aliphatic imine (C=N–C) groups is 2. The van der Waals surface area contributed by atoms with E-state index in [1.165, 1.54) is 11.9 Å². The standard InChI is InChI=1S/C14H17N3/c1-14(2,10-15)13-6-4-5-12(9-13)7-8-17-11-16-3/h4-6,9,11H,3,7-8H2,1-2H3. The Morgan fingerprint density at radius 1 is 1.47 bits per heavy atom. The summed E-state index contributed by atoms with van der Waals surface area (Å²) in [7, 11) is 0. The van der Waals surface area contributed by atoms with Gasteiger partial charge in [0.05, 0.1) is 11.5 Å². The molecule has 0 N–H and O–H groups in total. The number of nitrogens with zero attached hydrogens (tertiary/aromatic N) is 3. The molecular weight excluding hydrogens is 210 g/mol. The van der Waals surface area contributed by atoms with Crippen LogP contribution < -0.4 is 0 Å². The molecule has 88 valence electrons. The topological polar surface area (TPSA) is 48.5 Å². The number of nitriles is 1. The smallest absolute Gasteiger partial charge is 0.109 e. The Hall–Kier alpha value is -1.95. The van der Waals surface area contributed by atoms with E-state index < -0.39 is 5.41 Å². The van der Waals surface area contributed by atoms with Crippen LogP contribution in [0.3, 0.4) is 0 Å². The van der Waals surface area contributed by atoms with Crippen molar-refractivity contribution in [1.82, 2.24) is 0 Å². The molecule has 0 heterocycles. The van der Waals surface area contributed by atoms with Gasteiger partial charge in [-0.1, -0.05) is 24.3 Å². The lowest BCUT2D eigenvalue weighted by Crippen LogP contribution is -2.14. The third-order valence-electron chi connectivity index (χ3n) is 2.62. The zero-order valence-electron chi connectivity index (χ0n) is 10.3. The lowest BCUT2D eigenvalue weighted by atomic mass is 9.85. The van der Waals surface area contributed by atoms with E-state index in [-0.39, 0.29) is 0 Å². The van der Waals surface area contributed by atoms with Gasteiger partial charge in [-0.2, -0.15) is 5.26 Å². The minimum absolute atomic E-state index is 0.443. The van der Waals surface area contributed by atoms with Gasteiger partial charge in [0.2, 0.25) is 0 Å². The fraction of sp³-hybridized carbons (Fsp3) is 0.357. The fourth-order valence-electron chi connectivity index (χ4n) is 1.49. The molecule has 0 aliphatic rings. The lowest BCUT2D eigenvalue weighted by molar-refractivity contribution is 0.685. The first-order chi connectivity index (χ1) is 8.10. The van der Waals surface area contributed by atoms with Crippen LogP contribution in [0.5, 0.6) is 0 Å². The summed E-state index contributed by atoms with van der Waals surface area (Å²) in [5, 5.41) is 9.09. The molecule has 3 heteroatoms. The second kappa shape index (κ2) is 5.95. The largest absolute Gasteiger partial charge is 0.273 e. The Morgan fingerprint density at radius 2 is 2.24 bits per heavy atom. The highest BCUT2D eigenvalue weighted by atomic mass is 14.8. The van der Waals surface area contributed by atoms with Crippen LogP contribution in [0.1, 0.15) is 25.0 Å². The SMILES string of the molecule is C=NC=NCCc1cccc(C(C)(C)C#N)c1. The lowest BCUT2D eigenvalue weighted by Gasteiger charge is -2.16. The zero-order valence-corrected chi connectivity index (χ0v) is 10.3. The number of hydrogen-bond donors (Lipinski definition) is 0. The van der Waals surface area contributed by atoms with E-state index >= 15 is 0 Å². The summed E-state index contributed by atoms with van der Waals surface area (Å²) < 4.78 is 0. The normalized spacial score (nSPS) is 11.4. The summed E-state index contributed by atoms with van der Waals surface area (Å²) in [4.78, 5) is 7.63. The Bertz CT molecular complexity index is 453. The molecule has 3 nitrogen and oxygen atoms in total. The highest BCUT2D eigenvalue weighted by molar-refractivity contribution is 5.61. The van der Waals surface area contributed by atoms with E-state index in [1.54, 1.807) is 0 Å². The van der Waals surface area contributed by atoms with Gasteiger partial charge in [-0.3, -0.25) is 9.98 Å². The van der Waals surface area contributed by atoms with Crippen molar-refractivity contribution in [3.05, 3.63) is 35.4 Å². The minimum Gasteiger partial charge on any atom is -0.273 e. The monoisotopic (exact) mass is 227 g/mol. The van der Waals surface area contributed by atoms with E-state index in [0.717, 1.165) is 12.0 Å². The van der Waals surface area contributed by atoms with E-state index in [9.17, 15) is 0 Å². The average molecular weight is 227 g/mol. The van der Waals surface area contributed by atoms with Crippen molar-refractivity contribution in [2.75, 3.05) is 6.54 Å². The van der Waals surface area contributed by atoms with Crippen LogP contribution in [0.2, 0.25) is 0 Å². The maximum atomic E-state index is 9.09. The van der Waals surface area contributed by atoms with Gasteiger partial charge in [-0.25, -0.2) is 0 Å². The van der Waals surface area contributed by atoms with E-state index in [2.05, 4.69) is 28.8 Å². The Balaban J connectivity index is 2.77. The van der Waals surface area contributed by atoms with Crippen molar-refractivity contribution < 1.29 is 0 Å². The second-order valence-corrected chi connectivity index (χ2v) is 4.39. The summed E-state index contributed by atoms with van der Waals surface area (Å²) >= 11 is 0. The molecule has 0 spiro atoms. The second-order valence-electron chi connectivity index (χ2n) is 4.39. The van der Waals surface area contributed by atoms with Gasteiger partial charge in [0, 0.05) is 6.54 Å². The molecule has 1 rings (SSSR count). The third-order valence-corrected chi connectivity index (χ3v) is 2.62. The maximum Gasteiger partial charge on any atom is 0.109 e. The van der Waals surface area contributed by atoms with Crippen LogP contribution in [0, 0.1) is 11.3 Å². The molecule has 0 saturated carbocycles. The van der Waals surface area contributed by atoms with Crippen molar-refractivity contribution in [2.24, 2.45) is 9.98 Å². The Morgan fingerprint density at radius 3 is 2.88 bits per heavy atom. The molecule has 0 aromatic heterocycles. The first-order valence-electron chi connectivity index (χ1n) is 5.55. The number of hydrogen-bond acceptors (Lipinski definition) is 2. The van der Waals surface area contributed by atoms with Gasteiger partial charge in [0.1, 0.15) is 6.34 Å². The van der Waals surface area contributed by atoms with E-state index in [0.29, 0.717) is 6.54 Å². The molecule has 1 aromatic carbocycles. The zero-order chi connectivity index (χ0) is 12.7. The molecule has 0 atom stereocenters. The summed E-state index contributed by atoms with van der Waals surface area (Å²) in [5.74, 6) is 0. The van der Waals surface area contributed by atoms with Crippen LogP contribution in [-0.2, 0) is 11.8 Å². The summed E-state index contributed by atoms with van der Waals surface area (Å²) in [6, 6.07) is 10.4. The molecule has 1 aromatic rings. The Kier molecular flexibility index (Phi) is 4.59. The molecule has 0 saturated heterocycles. The maximum absolute atomic E-state index is 9.09. The average Bonchev–Trinajstić information content (AvgIpc) is 2.35. The quantitative estimate of drug-likeness (QED) is 0.563. The molecule has 0 bridgehead atoms. The van der Waals surface area contributed by atoms with Crippen LogP contribution in [0.4, 0.5) is 0 Å². The van der Waals surface area contributed by atoms with Crippen LogP contribution >= 0.6 is 0 Å². The fourth-order valence-corrected chi connectivity index (χ4v) is 1.49. The predicted molar refractivity (Wildman–Crippen MR) is 71.7 cm³/mol. The predicted octanol–water partition coefficient (Wildman–Crippen LogP) is 2.76. The first-order valence-corrected chi connectivity index (χ1v) is 5.55. The number of benzene rings is 1. The van der Waals surface area contributed by atoms with Crippen molar-refractivity contribution in [3.8, 4) is 6.07 Å². The van der Waals surface area contributed by atoms with Crippen LogP contribution in [-0.4, -0.2) is 19.6 Å². The van der Waals surface area contributed by atoms with Gasteiger partial charge in [-0.05, 0) is 38.1 Å². The van der Waals surface area contributed by atoms with Crippen molar-refractivity contribution in [1.29, 1.82) is 5.26 Å². The summed E-state index contributed by atoms with van der Waals surface area (Å²) in [6.45, 7) is 7.86. The van der Waals surface area contributed by atoms with E-state index in [4.69, 9.17) is 5.26 Å². The molecule has 0 aliphatic carbocycles. The molecule has 0 fully saturated rings. The summed E-state index contributed by atoms with van der Waals surface area (Å²) in [5.41, 5.74) is 1.79. The van der Waals surface area contributed by atoms with Crippen molar-refractivity contribution >= 4 is 13.1 Å². The minimum atomic E-state index is -0.443. The molecular formula is C14H17N3. The molecule has 0 aliphatic heterocycles. The molecule has 0 amide bonds. The molecule has 17 heavy (non-hydrogen) atoms. The highest BCUT2D eigenvalue weighted by Crippen LogP contribution is 2.22. The van der Waals surface area contributed by atoms with Gasteiger partial charge in [0.15, 0.2) is 0 Å². The van der Waals surface area contributed by atoms with Crippen molar-refractivity contribution in [3.63, 3.8) is 0 Å². The van der Waals surface area contributed by atoms with Crippen LogP contribution in [0.25, 0.3) is 0 Å². The highest BCUT2D eigenvalue weighted by Gasteiger charge is 2.19. The van der Waals surface area contributed by atoms with Gasteiger partial charge in [0.25, 0.3) is 0 Å². The van der Waals surface area contributed by atoms with Gasteiger partial charge < -0.3 is 0 Å². The number of rotatable bonds is 5. The first kappa shape index (κ1) is 13.1. The van der Waals surface area contributed by atoms with Gasteiger partial charge in [-0.15, -0.1) is 0 Å². The van der Waals surface area contributed by atoms with E-state index in [1.807, 2.05) is 32.0 Å². The van der Waals surface area contributed by atoms with Crippen molar-refractivity contribution in [2.45, 2.75) is 25.7 Å². The molecule has 0 unspecified atom stereocenters. The van der Waals surface area contributed by atoms with Gasteiger partial charge >= 0.3 is 0 Å². The molecule has 0 radical (unpaired) electrons. The third kappa shape index (κ3) is 3.84. The summed E-state index contributed by atoms with van der Waals surface area (Å²) in [6.07, 6.45) is 2.31. The van der Waals surface area contributed by atoms with Crippen LogP contribution in [0.15, 0.2) is 34.3 Å².